The Bertz CT molecular complexity index is 816. The minimum absolute atomic E-state index is 0.0941. The van der Waals surface area contributed by atoms with Crippen LogP contribution in [-0.2, 0) is 20.8 Å². The highest BCUT2D eigenvalue weighted by Gasteiger charge is 2.16. The lowest BCUT2D eigenvalue weighted by Crippen LogP contribution is -2.32. The highest BCUT2D eigenvalue weighted by atomic mass is 16.2. The molecule has 6 heteroatoms. The largest absolute Gasteiger partial charge is 0.326 e. The van der Waals surface area contributed by atoms with E-state index in [2.05, 4.69) is 10.6 Å². The van der Waals surface area contributed by atoms with Crippen molar-refractivity contribution in [2.45, 2.75) is 33.6 Å². The van der Waals surface area contributed by atoms with Gasteiger partial charge in [-0.05, 0) is 42.3 Å². The summed E-state index contributed by atoms with van der Waals surface area (Å²) >= 11 is 0. The first kappa shape index (κ1) is 20.2. The zero-order valence-electron chi connectivity index (χ0n) is 15.9. The topological polar surface area (TPSA) is 78.5 Å². The van der Waals surface area contributed by atoms with Crippen molar-refractivity contribution in [3.63, 3.8) is 0 Å². The van der Waals surface area contributed by atoms with Crippen LogP contribution in [0.15, 0.2) is 48.5 Å². The van der Waals surface area contributed by atoms with E-state index in [0.717, 1.165) is 17.7 Å². The van der Waals surface area contributed by atoms with Crippen LogP contribution in [0.25, 0.3) is 0 Å². The van der Waals surface area contributed by atoms with Crippen molar-refractivity contribution in [1.82, 2.24) is 0 Å². The Morgan fingerprint density at radius 3 is 2.04 bits per heavy atom. The summed E-state index contributed by atoms with van der Waals surface area (Å²) in [5.41, 5.74) is 3.22. The Morgan fingerprint density at radius 2 is 1.48 bits per heavy atom. The van der Waals surface area contributed by atoms with E-state index in [1.54, 1.807) is 29.2 Å². The van der Waals surface area contributed by atoms with Crippen LogP contribution in [0, 0.1) is 0 Å². The van der Waals surface area contributed by atoms with Crippen molar-refractivity contribution in [2.75, 3.05) is 22.1 Å². The van der Waals surface area contributed by atoms with Crippen LogP contribution in [0.4, 0.5) is 17.1 Å². The number of hydrogen-bond acceptors (Lipinski definition) is 3. The summed E-state index contributed by atoms with van der Waals surface area (Å²) in [6.07, 6.45) is 0.998. The fraction of sp³-hybridized carbons (Fsp3) is 0.286. The van der Waals surface area contributed by atoms with Crippen molar-refractivity contribution in [2.24, 2.45) is 0 Å². The number of anilines is 3. The van der Waals surface area contributed by atoms with Crippen LogP contribution in [-0.4, -0.2) is 24.3 Å². The first-order valence-electron chi connectivity index (χ1n) is 8.94. The summed E-state index contributed by atoms with van der Waals surface area (Å²) in [5.74, 6) is -0.422. The van der Waals surface area contributed by atoms with Gasteiger partial charge in [-0.2, -0.15) is 0 Å². The first-order valence-corrected chi connectivity index (χ1v) is 8.94. The molecule has 0 fully saturated rings. The number of aryl methyl sites for hydroxylation is 1. The van der Waals surface area contributed by atoms with Crippen molar-refractivity contribution in [3.8, 4) is 0 Å². The van der Waals surface area contributed by atoms with Crippen molar-refractivity contribution in [3.05, 3.63) is 54.1 Å². The SMILES string of the molecule is CCc1ccccc1N(CCC(=O)Nc1ccc(NC(C)=O)cc1)C(C)=O. The maximum atomic E-state index is 12.3. The molecule has 0 saturated carbocycles. The number of carbonyl (C=O) groups excluding carboxylic acids is 3. The number of nitrogens with one attached hydrogen (secondary N) is 2. The molecule has 0 bridgehead atoms. The number of benzene rings is 2. The molecule has 142 valence electrons. The Morgan fingerprint density at radius 1 is 0.889 bits per heavy atom. The number of para-hydroxylation sites is 1. The zero-order chi connectivity index (χ0) is 19.8. The minimum atomic E-state index is -0.178. The van der Waals surface area contributed by atoms with Gasteiger partial charge in [0.1, 0.15) is 0 Å². The second-order valence-electron chi connectivity index (χ2n) is 6.21. The molecule has 0 heterocycles. The lowest BCUT2D eigenvalue weighted by molar-refractivity contribution is -0.117. The molecule has 0 radical (unpaired) electrons. The quantitative estimate of drug-likeness (QED) is 0.785. The molecule has 27 heavy (non-hydrogen) atoms. The molecular formula is C21H25N3O3. The first-order chi connectivity index (χ1) is 12.9. The van der Waals surface area contributed by atoms with E-state index in [4.69, 9.17) is 0 Å². The smallest absolute Gasteiger partial charge is 0.226 e. The van der Waals surface area contributed by atoms with Gasteiger partial charge in [-0.15, -0.1) is 0 Å². The summed E-state index contributed by atoms with van der Waals surface area (Å²) in [4.78, 5) is 37.0. The van der Waals surface area contributed by atoms with Crippen LogP contribution < -0.4 is 15.5 Å². The second-order valence-corrected chi connectivity index (χ2v) is 6.21. The second kappa shape index (κ2) is 9.52. The number of rotatable bonds is 7. The fourth-order valence-electron chi connectivity index (χ4n) is 2.80. The van der Waals surface area contributed by atoms with E-state index in [9.17, 15) is 14.4 Å². The highest BCUT2D eigenvalue weighted by molar-refractivity contribution is 5.95. The van der Waals surface area contributed by atoms with E-state index < -0.39 is 0 Å². The van der Waals surface area contributed by atoms with Gasteiger partial charge in [0.2, 0.25) is 17.7 Å². The van der Waals surface area contributed by atoms with Gasteiger partial charge in [0, 0.05) is 43.9 Å². The third kappa shape index (κ3) is 5.95. The maximum absolute atomic E-state index is 12.3. The Hall–Kier alpha value is -3.15. The summed E-state index contributed by atoms with van der Waals surface area (Å²) in [5, 5.41) is 5.48. The number of amides is 3. The van der Waals surface area contributed by atoms with Crippen LogP contribution >= 0.6 is 0 Å². The van der Waals surface area contributed by atoms with E-state index in [1.165, 1.54) is 13.8 Å². The maximum Gasteiger partial charge on any atom is 0.226 e. The zero-order valence-corrected chi connectivity index (χ0v) is 15.9. The molecule has 2 aromatic carbocycles. The van der Waals surface area contributed by atoms with Crippen LogP contribution in [0.5, 0.6) is 0 Å². The predicted molar refractivity (Wildman–Crippen MR) is 108 cm³/mol. The summed E-state index contributed by atoms with van der Waals surface area (Å²) in [6.45, 7) is 5.29. The molecule has 3 amide bonds. The molecule has 0 atom stereocenters. The molecule has 2 N–H and O–H groups in total. The molecular weight excluding hydrogens is 342 g/mol. The summed E-state index contributed by atoms with van der Waals surface area (Å²) in [6, 6.07) is 14.6. The van der Waals surface area contributed by atoms with Gasteiger partial charge in [-0.25, -0.2) is 0 Å². The van der Waals surface area contributed by atoms with Gasteiger partial charge in [0.05, 0.1) is 0 Å². The Balaban J connectivity index is 1.98. The van der Waals surface area contributed by atoms with Gasteiger partial charge in [-0.1, -0.05) is 25.1 Å². The van der Waals surface area contributed by atoms with Gasteiger partial charge in [0.15, 0.2) is 0 Å². The Labute approximate surface area is 159 Å². The molecule has 0 saturated heterocycles. The predicted octanol–water partition coefficient (Wildman–Crippen LogP) is 3.59. The van der Waals surface area contributed by atoms with E-state index in [1.807, 2.05) is 31.2 Å². The fourth-order valence-corrected chi connectivity index (χ4v) is 2.80. The van der Waals surface area contributed by atoms with Crippen molar-refractivity contribution in [1.29, 1.82) is 0 Å². The van der Waals surface area contributed by atoms with Gasteiger partial charge in [0.25, 0.3) is 0 Å². The van der Waals surface area contributed by atoms with E-state index >= 15 is 0 Å². The molecule has 6 nitrogen and oxygen atoms in total. The lowest BCUT2D eigenvalue weighted by atomic mass is 10.1. The number of hydrogen-bond donors (Lipinski definition) is 2. The molecule has 0 aliphatic carbocycles. The summed E-state index contributed by atoms with van der Waals surface area (Å²) in [7, 11) is 0. The molecule has 0 aromatic heterocycles. The van der Waals surface area contributed by atoms with Gasteiger partial charge < -0.3 is 15.5 Å². The van der Waals surface area contributed by atoms with Gasteiger partial charge in [-0.3, -0.25) is 14.4 Å². The van der Waals surface area contributed by atoms with Crippen LogP contribution in [0.3, 0.4) is 0 Å². The minimum Gasteiger partial charge on any atom is -0.326 e. The third-order valence-corrected chi connectivity index (χ3v) is 4.09. The van der Waals surface area contributed by atoms with Gasteiger partial charge >= 0.3 is 0 Å². The normalized spacial score (nSPS) is 10.2. The van der Waals surface area contributed by atoms with Crippen LogP contribution in [0.1, 0.15) is 32.8 Å². The third-order valence-electron chi connectivity index (χ3n) is 4.09. The molecule has 2 rings (SSSR count). The molecule has 0 spiro atoms. The number of nitrogens with zero attached hydrogens (tertiary/aromatic N) is 1. The number of carbonyl (C=O) groups is 3. The molecule has 2 aromatic rings. The summed E-state index contributed by atoms with van der Waals surface area (Å²) < 4.78 is 0. The average molecular weight is 367 g/mol. The van der Waals surface area contributed by atoms with E-state index in [-0.39, 0.29) is 24.1 Å². The highest BCUT2D eigenvalue weighted by Crippen LogP contribution is 2.21. The molecule has 0 unspecified atom stereocenters. The molecule has 0 aliphatic heterocycles. The standard InChI is InChI=1S/C21H25N3O3/c1-4-17-7-5-6-8-20(17)24(16(3)26)14-13-21(27)23-19-11-9-18(10-12-19)22-15(2)25/h5-12H,4,13-14H2,1-3H3,(H,22,25)(H,23,27). The Kier molecular flexibility index (Phi) is 7.11. The van der Waals surface area contributed by atoms with Crippen molar-refractivity contribution >= 4 is 34.8 Å². The van der Waals surface area contributed by atoms with E-state index in [0.29, 0.717) is 17.9 Å². The van der Waals surface area contributed by atoms with Crippen LogP contribution in [0.2, 0.25) is 0 Å². The monoisotopic (exact) mass is 367 g/mol. The molecule has 0 aliphatic rings. The van der Waals surface area contributed by atoms with Crippen molar-refractivity contribution < 1.29 is 14.4 Å². The average Bonchev–Trinajstić information content (AvgIpc) is 2.63. The lowest BCUT2D eigenvalue weighted by Gasteiger charge is -2.23.